The van der Waals surface area contributed by atoms with Gasteiger partial charge < -0.3 is 5.32 Å². The van der Waals surface area contributed by atoms with E-state index < -0.39 is 0 Å². The summed E-state index contributed by atoms with van der Waals surface area (Å²) in [5, 5.41) is 3.51. The first-order chi connectivity index (χ1) is 8.51. The van der Waals surface area contributed by atoms with E-state index in [0.717, 1.165) is 6.54 Å². The van der Waals surface area contributed by atoms with Crippen LogP contribution in [0.3, 0.4) is 0 Å². The summed E-state index contributed by atoms with van der Waals surface area (Å²) in [6.07, 6.45) is 0. The highest BCUT2D eigenvalue weighted by Crippen LogP contribution is 2.19. The molecule has 0 saturated carbocycles. The summed E-state index contributed by atoms with van der Waals surface area (Å²) in [6, 6.07) is 8.93. The molecule has 18 heavy (non-hydrogen) atoms. The number of rotatable bonds is 7. The first kappa shape index (κ1) is 15.9. The minimum atomic E-state index is 0.185. The van der Waals surface area contributed by atoms with Gasteiger partial charge in [-0.15, -0.1) is 11.8 Å². The van der Waals surface area contributed by atoms with Crippen LogP contribution in [0.2, 0.25) is 0 Å². The molecule has 1 aromatic carbocycles. The highest BCUT2D eigenvalue weighted by Gasteiger charge is 2.07. The van der Waals surface area contributed by atoms with Crippen molar-refractivity contribution in [3.05, 3.63) is 29.8 Å². The van der Waals surface area contributed by atoms with Gasteiger partial charge >= 0.3 is 0 Å². The number of nitrogens with one attached hydrogen (secondary N) is 1. The van der Waals surface area contributed by atoms with Gasteiger partial charge in [0.05, 0.1) is 0 Å². The van der Waals surface area contributed by atoms with Crippen LogP contribution in [0.4, 0.5) is 0 Å². The molecule has 1 rings (SSSR count). The Morgan fingerprint density at radius 2 is 1.72 bits per heavy atom. The van der Waals surface area contributed by atoms with Gasteiger partial charge in [0.1, 0.15) is 0 Å². The molecular weight excluding hydrogens is 258 g/mol. The summed E-state index contributed by atoms with van der Waals surface area (Å²) >= 11 is 3.96. The van der Waals surface area contributed by atoms with Crippen LogP contribution >= 0.6 is 23.5 Å². The molecule has 0 unspecified atom stereocenters. The highest BCUT2D eigenvalue weighted by atomic mass is 32.2. The van der Waals surface area contributed by atoms with Gasteiger partial charge in [0.2, 0.25) is 0 Å². The second kappa shape index (κ2) is 8.13. The number of benzene rings is 1. The minimum absolute atomic E-state index is 0.185. The summed E-state index contributed by atoms with van der Waals surface area (Å²) in [5.41, 5.74) is 1.54. The fourth-order valence-corrected chi connectivity index (χ4v) is 3.09. The lowest BCUT2D eigenvalue weighted by Crippen LogP contribution is -2.35. The molecule has 0 aromatic heterocycles. The average molecular weight is 284 g/mol. The zero-order valence-corrected chi connectivity index (χ0v) is 13.6. The van der Waals surface area contributed by atoms with E-state index in [9.17, 15) is 0 Å². The third kappa shape index (κ3) is 7.34. The van der Waals surface area contributed by atoms with E-state index in [4.69, 9.17) is 0 Å². The Balaban J connectivity index is 2.33. The minimum Gasteiger partial charge on any atom is -0.308 e. The molecule has 0 heterocycles. The lowest BCUT2D eigenvalue weighted by Gasteiger charge is -2.20. The first-order valence-electron chi connectivity index (χ1n) is 6.56. The monoisotopic (exact) mass is 283 g/mol. The first-order valence-corrected chi connectivity index (χ1v) is 8.70. The van der Waals surface area contributed by atoms with Gasteiger partial charge in [-0.2, -0.15) is 11.8 Å². The van der Waals surface area contributed by atoms with Crippen molar-refractivity contribution < 1.29 is 0 Å². The smallest absolute Gasteiger partial charge is 0.0210 e. The Hall–Kier alpha value is -0.120. The van der Waals surface area contributed by atoms with Crippen LogP contribution in [-0.4, -0.2) is 22.8 Å². The van der Waals surface area contributed by atoms with E-state index in [1.807, 2.05) is 23.5 Å². The maximum Gasteiger partial charge on any atom is 0.0210 e. The largest absolute Gasteiger partial charge is 0.308 e. The molecule has 0 aliphatic rings. The summed E-state index contributed by atoms with van der Waals surface area (Å²) in [4.78, 5) is 1.38. The molecule has 0 amide bonds. The summed E-state index contributed by atoms with van der Waals surface area (Å²) in [7, 11) is 0. The zero-order valence-electron chi connectivity index (χ0n) is 12.0. The van der Waals surface area contributed by atoms with E-state index >= 15 is 0 Å². The highest BCUT2D eigenvalue weighted by molar-refractivity contribution is 8.02. The summed E-state index contributed by atoms with van der Waals surface area (Å²) in [6.45, 7) is 9.75. The van der Waals surface area contributed by atoms with Gasteiger partial charge in [0, 0.05) is 28.5 Å². The maximum absolute atomic E-state index is 3.51. The van der Waals surface area contributed by atoms with Crippen LogP contribution in [-0.2, 0) is 6.54 Å². The molecule has 0 radical (unpaired) electrons. The van der Waals surface area contributed by atoms with Crippen LogP contribution in [0.1, 0.15) is 33.3 Å². The molecule has 0 saturated heterocycles. The number of hydrogen-bond donors (Lipinski definition) is 1. The topological polar surface area (TPSA) is 12.0 Å². The van der Waals surface area contributed by atoms with Crippen molar-refractivity contribution in [1.29, 1.82) is 0 Å². The van der Waals surface area contributed by atoms with Crippen LogP contribution in [0.25, 0.3) is 0 Å². The van der Waals surface area contributed by atoms with E-state index in [0.29, 0.717) is 0 Å². The van der Waals surface area contributed by atoms with Crippen LogP contribution in [0.15, 0.2) is 29.2 Å². The van der Waals surface area contributed by atoms with Crippen molar-refractivity contribution in [3.63, 3.8) is 0 Å². The quantitative estimate of drug-likeness (QED) is 0.587. The molecule has 0 aliphatic carbocycles. The van der Waals surface area contributed by atoms with E-state index in [2.05, 4.69) is 57.3 Å². The van der Waals surface area contributed by atoms with Gasteiger partial charge in [0.15, 0.2) is 0 Å². The zero-order chi connectivity index (χ0) is 13.4. The van der Waals surface area contributed by atoms with E-state index in [-0.39, 0.29) is 5.54 Å². The van der Waals surface area contributed by atoms with Gasteiger partial charge in [-0.05, 0) is 44.2 Å². The van der Waals surface area contributed by atoms with Crippen molar-refractivity contribution in [3.8, 4) is 0 Å². The Morgan fingerprint density at radius 1 is 1.06 bits per heavy atom. The van der Waals surface area contributed by atoms with Gasteiger partial charge in [0.25, 0.3) is 0 Å². The Morgan fingerprint density at radius 3 is 2.28 bits per heavy atom. The predicted molar refractivity (Wildman–Crippen MR) is 86.8 cm³/mol. The molecule has 0 atom stereocenters. The second-order valence-electron chi connectivity index (χ2n) is 5.29. The molecular formula is C15H25NS2. The van der Waals surface area contributed by atoms with Gasteiger partial charge in [-0.3, -0.25) is 0 Å². The van der Waals surface area contributed by atoms with Crippen LogP contribution in [0, 0.1) is 0 Å². The van der Waals surface area contributed by atoms with Crippen LogP contribution < -0.4 is 5.32 Å². The normalized spacial score (nSPS) is 11.8. The van der Waals surface area contributed by atoms with E-state index in [1.54, 1.807) is 0 Å². The molecule has 0 fully saturated rings. The van der Waals surface area contributed by atoms with Crippen molar-refractivity contribution >= 4 is 23.5 Å². The van der Waals surface area contributed by atoms with Crippen molar-refractivity contribution in [2.24, 2.45) is 0 Å². The fourth-order valence-electron chi connectivity index (χ4n) is 1.43. The predicted octanol–water partition coefficient (Wildman–Crippen LogP) is 4.42. The maximum atomic E-state index is 3.51. The van der Waals surface area contributed by atoms with Gasteiger partial charge in [-0.1, -0.05) is 19.1 Å². The number of thioether (sulfide) groups is 2. The van der Waals surface area contributed by atoms with Gasteiger partial charge in [-0.25, -0.2) is 0 Å². The molecule has 1 N–H and O–H groups in total. The third-order valence-corrected chi connectivity index (χ3v) is 4.62. The van der Waals surface area contributed by atoms with Crippen LogP contribution in [0.5, 0.6) is 0 Å². The average Bonchev–Trinajstić information content (AvgIpc) is 2.33. The molecule has 0 aliphatic heterocycles. The molecule has 3 heteroatoms. The molecule has 1 aromatic rings. The number of hydrogen-bond acceptors (Lipinski definition) is 3. The lowest BCUT2D eigenvalue weighted by atomic mass is 10.1. The molecule has 0 spiro atoms. The van der Waals surface area contributed by atoms with E-state index in [1.165, 1.54) is 27.7 Å². The standard InChI is InChI=1S/C15H25NS2/c1-5-17-10-11-18-14-8-6-13(7-9-14)12-16-15(2,3)4/h6-9,16H,5,10-12H2,1-4H3. The molecule has 0 bridgehead atoms. The summed E-state index contributed by atoms with van der Waals surface area (Å²) in [5.74, 6) is 3.67. The Bertz CT molecular complexity index is 327. The van der Waals surface area contributed by atoms with Crippen molar-refractivity contribution in [1.82, 2.24) is 5.32 Å². The lowest BCUT2D eigenvalue weighted by molar-refractivity contribution is 0.424. The van der Waals surface area contributed by atoms with Crippen molar-refractivity contribution in [2.75, 3.05) is 17.3 Å². The molecule has 1 nitrogen and oxygen atoms in total. The van der Waals surface area contributed by atoms with Crippen molar-refractivity contribution in [2.45, 2.75) is 44.7 Å². The SMILES string of the molecule is CCSCCSc1ccc(CNC(C)(C)C)cc1. The Kier molecular flexibility index (Phi) is 7.20. The molecule has 102 valence electrons. The second-order valence-corrected chi connectivity index (χ2v) is 7.86. The Labute approximate surface area is 121 Å². The summed E-state index contributed by atoms with van der Waals surface area (Å²) < 4.78 is 0. The fraction of sp³-hybridized carbons (Fsp3) is 0.600. The third-order valence-electron chi connectivity index (χ3n) is 2.45.